The Morgan fingerprint density at radius 1 is 1.06 bits per heavy atom. The zero-order valence-corrected chi connectivity index (χ0v) is 19.8. The summed E-state index contributed by atoms with van der Waals surface area (Å²) < 4.78 is 1.66. The summed E-state index contributed by atoms with van der Waals surface area (Å²) >= 11 is 0. The summed E-state index contributed by atoms with van der Waals surface area (Å²) in [6.07, 6.45) is 4.32. The summed E-state index contributed by atoms with van der Waals surface area (Å²) in [7, 11) is 1.83. The van der Waals surface area contributed by atoms with Crippen LogP contribution in [0.4, 0.5) is 0 Å². The van der Waals surface area contributed by atoms with Gasteiger partial charge in [0.25, 0.3) is 0 Å². The normalized spacial score (nSPS) is 12.0. The fourth-order valence-corrected chi connectivity index (χ4v) is 4.33. The highest BCUT2D eigenvalue weighted by Gasteiger charge is 2.24. The highest BCUT2D eigenvalue weighted by atomic mass is 16.1. The lowest BCUT2D eigenvalue weighted by Crippen LogP contribution is -2.30. The van der Waals surface area contributed by atoms with Gasteiger partial charge in [-0.2, -0.15) is 0 Å². The molecule has 3 aromatic carbocycles. The van der Waals surface area contributed by atoms with Crippen LogP contribution in [-0.2, 0) is 13.5 Å². The van der Waals surface area contributed by atoms with Gasteiger partial charge < -0.3 is 16.0 Å². The number of nitrogens with two attached hydrogens (primary N) is 1. The van der Waals surface area contributed by atoms with E-state index in [1.807, 2.05) is 73.9 Å². The Morgan fingerprint density at radius 3 is 2.53 bits per heavy atom. The number of nitrogens with one attached hydrogen (secondary N) is 2. The van der Waals surface area contributed by atoms with E-state index in [1.54, 1.807) is 23.0 Å². The molecule has 0 bridgehead atoms. The van der Waals surface area contributed by atoms with Crippen LogP contribution in [0.2, 0.25) is 0 Å². The van der Waals surface area contributed by atoms with E-state index in [4.69, 9.17) is 5.73 Å². The molecule has 0 fully saturated rings. The SMILES string of the molecule is Cn1cc(-c2ccc3c(C(=O)[C@H](NCCc4ccc(C(N)=O)cc4)c4ccccc4)c[nH]c3c2)nn1. The molecule has 5 aromatic rings. The third kappa shape index (κ3) is 4.80. The number of primary amides is 1. The molecule has 1 atom stereocenters. The molecule has 0 spiro atoms. The zero-order chi connectivity index (χ0) is 25.1. The maximum absolute atomic E-state index is 13.8. The monoisotopic (exact) mass is 478 g/mol. The molecule has 0 aliphatic heterocycles. The number of nitrogens with zero attached hydrogens (tertiary/aromatic N) is 3. The number of Topliss-reactive ketones (excluding diaryl/α,β-unsaturated/α-hetero) is 1. The number of amides is 1. The Bertz CT molecular complexity index is 1520. The van der Waals surface area contributed by atoms with Crippen molar-refractivity contribution in [1.82, 2.24) is 25.3 Å². The molecule has 0 saturated carbocycles. The summed E-state index contributed by atoms with van der Waals surface area (Å²) in [4.78, 5) is 28.3. The molecule has 180 valence electrons. The van der Waals surface area contributed by atoms with E-state index in [0.29, 0.717) is 24.1 Å². The summed E-state index contributed by atoms with van der Waals surface area (Å²) in [5.74, 6) is -0.458. The first-order chi connectivity index (χ1) is 17.5. The van der Waals surface area contributed by atoms with Crippen molar-refractivity contribution in [3.8, 4) is 11.3 Å². The number of ketones is 1. The number of fused-ring (bicyclic) bond motifs is 1. The molecule has 0 aliphatic rings. The van der Waals surface area contributed by atoms with Gasteiger partial charge in [-0.3, -0.25) is 14.3 Å². The zero-order valence-electron chi connectivity index (χ0n) is 19.8. The number of aromatic amines is 1. The van der Waals surface area contributed by atoms with Gasteiger partial charge in [-0.15, -0.1) is 5.10 Å². The van der Waals surface area contributed by atoms with Gasteiger partial charge in [-0.25, -0.2) is 0 Å². The van der Waals surface area contributed by atoms with Crippen LogP contribution in [0.3, 0.4) is 0 Å². The minimum atomic E-state index is -0.505. The lowest BCUT2D eigenvalue weighted by atomic mass is 9.96. The van der Waals surface area contributed by atoms with E-state index in [1.165, 1.54) is 0 Å². The second-order valence-electron chi connectivity index (χ2n) is 8.71. The summed E-state index contributed by atoms with van der Waals surface area (Å²) in [5.41, 5.74) is 10.9. The maximum atomic E-state index is 13.8. The Balaban J connectivity index is 1.37. The second-order valence-corrected chi connectivity index (χ2v) is 8.71. The van der Waals surface area contributed by atoms with Crippen LogP contribution in [0, 0.1) is 0 Å². The molecule has 4 N–H and O–H groups in total. The summed E-state index contributed by atoms with van der Waals surface area (Å²) in [6, 6.07) is 22.3. The molecule has 5 rings (SSSR count). The van der Waals surface area contributed by atoms with Crippen molar-refractivity contribution >= 4 is 22.6 Å². The smallest absolute Gasteiger partial charge is 0.248 e. The topological polar surface area (TPSA) is 119 Å². The number of H-pyrrole nitrogens is 1. The van der Waals surface area contributed by atoms with Crippen LogP contribution < -0.4 is 11.1 Å². The van der Waals surface area contributed by atoms with Gasteiger partial charge in [0.2, 0.25) is 5.91 Å². The van der Waals surface area contributed by atoms with Crippen molar-refractivity contribution in [2.45, 2.75) is 12.5 Å². The lowest BCUT2D eigenvalue weighted by molar-refractivity contribution is 0.0943. The molecular weight excluding hydrogens is 452 g/mol. The van der Waals surface area contributed by atoms with Crippen LogP contribution in [0.25, 0.3) is 22.2 Å². The van der Waals surface area contributed by atoms with Crippen molar-refractivity contribution in [3.05, 3.63) is 107 Å². The average Bonchev–Trinajstić information content (AvgIpc) is 3.53. The average molecular weight is 479 g/mol. The first-order valence-corrected chi connectivity index (χ1v) is 11.7. The standard InChI is InChI=1S/C28H26N6O2/c1-34-17-25(32-33-34)21-11-12-22-23(16-31-24(22)15-21)27(35)26(19-5-3-2-4-6-19)30-14-13-18-7-9-20(10-8-18)28(29)36/h2-12,15-17,26,30-31H,13-14H2,1H3,(H2,29,36)/t26-/m1/s1. The van der Waals surface area contributed by atoms with Gasteiger partial charge >= 0.3 is 0 Å². The van der Waals surface area contributed by atoms with Crippen molar-refractivity contribution < 1.29 is 9.59 Å². The van der Waals surface area contributed by atoms with Crippen LogP contribution in [-0.4, -0.2) is 38.2 Å². The van der Waals surface area contributed by atoms with E-state index in [2.05, 4.69) is 20.6 Å². The predicted octanol–water partition coefficient (Wildman–Crippen LogP) is 3.82. The van der Waals surface area contributed by atoms with Crippen molar-refractivity contribution in [2.24, 2.45) is 12.8 Å². The van der Waals surface area contributed by atoms with E-state index in [-0.39, 0.29) is 5.78 Å². The highest BCUT2D eigenvalue weighted by Crippen LogP contribution is 2.28. The third-order valence-electron chi connectivity index (χ3n) is 6.24. The number of aryl methyl sites for hydroxylation is 1. The molecular formula is C28H26N6O2. The minimum Gasteiger partial charge on any atom is -0.366 e. The predicted molar refractivity (Wildman–Crippen MR) is 138 cm³/mol. The number of carbonyl (C=O) groups is 2. The molecule has 8 heteroatoms. The molecule has 36 heavy (non-hydrogen) atoms. The summed E-state index contributed by atoms with van der Waals surface area (Å²) in [6.45, 7) is 0.584. The Morgan fingerprint density at radius 2 is 1.83 bits per heavy atom. The molecule has 0 saturated heterocycles. The third-order valence-corrected chi connectivity index (χ3v) is 6.24. The molecule has 8 nitrogen and oxygen atoms in total. The van der Waals surface area contributed by atoms with Crippen molar-refractivity contribution in [1.29, 1.82) is 0 Å². The van der Waals surface area contributed by atoms with Crippen LogP contribution in [0.5, 0.6) is 0 Å². The minimum absolute atomic E-state index is 0.0104. The van der Waals surface area contributed by atoms with Gasteiger partial charge in [-0.1, -0.05) is 59.8 Å². The van der Waals surface area contributed by atoms with Crippen LogP contribution >= 0.6 is 0 Å². The fourth-order valence-electron chi connectivity index (χ4n) is 4.33. The molecule has 2 aromatic heterocycles. The Labute approximate surface area is 208 Å². The van der Waals surface area contributed by atoms with Gasteiger partial charge in [0.1, 0.15) is 5.69 Å². The van der Waals surface area contributed by atoms with E-state index >= 15 is 0 Å². The van der Waals surface area contributed by atoms with E-state index in [9.17, 15) is 9.59 Å². The number of rotatable bonds is 9. The van der Waals surface area contributed by atoms with Crippen molar-refractivity contribution in [3.63, 3.8) is 0 Å². The number of carbonyl (C=O) groups excluding carboxylic acids is 2. The van der Waals surface area contributed by atoms with Gasteiger partial charge in [0.05, 0.1) is 12.2 Å². The first-order valence-electron chi connectivity index (χ1n) is 11.7. The number of hydrogen-bond donors (Lipinski definition) is 3. The molecule has 1 amide bonds. The van der Waals surface area contributed by atoms with E-state index in [0.717, 1.165) is 33.3 Å². The second kappa shape index (κ2) is 9.97. The highest BCUT2D eigenvalue weighted by molar-refractivity contribution is 6.11. The van der Waals surface area contributed by atoms with Gasteiger partial charge in [-0.05, 0) is 35.7 Å². The molecule has 2 heterocycles. The Kier molecular flexibility index (Phi) is 6.42. The van der Waals surface area contributed by atoms with Gasteiger partial charge in [0.15, 0.2) is 5.78 Å². The van der Waals surface area contributed by atoms with Crippen LogP contribution in [0.1, 0.15) is 37.9 Å². The van der Waals surface area contributed by atoms with E-state index < -0.39 is 11.9 Å². The fraction of sp³-hybridized carbons (Fsp3) is 0.143. The molecule has 0 aliphatic carbocycles. The van der Waals surface area contributed by atoms with Gasteiger partial charge in [0, 0.05) is 47.4 Å². The largest absolute Gasteiger partial charge is 0.366 e. The molecule has 0 radical (unpaired) electrons. The number of benzene rings is 3. The number of aromatic nitrogens is 4. The lowest BCUT2D eigenvalue weighted by Gasteiger charge is -2.18. The first kappa shape index (κ1) is 23.2. The number of hydrogen-bond acceptors (Lipinski definition) is 5. The van der Waals surface area contributed by atoms with Crippen LogP contribution in [0.15, 0.2) is 85.2 Å². The molecule has 0 unspecified atom stereocenters. The summed E-state index contributed by atoms with van der Waals surface area (Å²) in [5, 5.41) is 12.5. The maximum Gasteiger partial charge on any atom is 0.248 e. The quantitative estimate of drug-likeness (QED) is 0.278. The Hall–Kier alpha value is -4.56. The van der Waals surface area contributed by atoms with Crippen molar-refractivity contribution in [2.75, 3.05) is 6.54 Å².